The van der Waals surface area contributed by atoms with Gasteiger partial charge in [-0.25, -0.2) is 15.0 Å². The van der Waals surface area contributed by atoms with E-state index in [9.17, 15) is 0 Å². The molecule has 0 spiro atoms. The molecule has 0 saturated heterocycles. The molecule has 0 bridgehead atoms. The van der Waals surface area contributed by atoms with Gasteiger partial charge < -0.3 is 4.90 Å². The third-order valence-corrected chi connectivity index (χ3v) is 5.67. The van der Waals surface area contributed by atoms with E-state index in [1.54, 1.807) is 11.3 Å². The highest BCUT2D eigenvalue weighted by Gasteiger charge is 2.10. The topological polar surface area (TPSA) is 41.9 Å². The first kappa shape index (κ1) is 17.1. The Labute approximate surface area is 164 Å². The minimum atomic E-state index is 0.700. The van der Waals surface area contributed by atoms with Crippen LogP contribution < -0.4 is 4.90 Å². The molecule has 0 radical (unpaired) electrons. The summed E-state index contributed by atoms with van der Waals surface area (Å²) in [6.45, 7) is 2.08. The van der Waals surface area contributed by atoms with Crippen molar-refractivity contribution in [2.24, 2.45) is 0 Å². The van der Waals surface area contributed by atoms with Crippen molar-refractivity contribution in [3.63, 3.8) is 0 Å². The molecule has 2 heterocycles. The number of hydrogen-bond acceptors (Lipinski definition) is 5. The number of benzene rings is 2. The van der Waals surface area contributed by atoms with Crippen LogP contribution in [-0.4, -0.2) is 29.0 Å². The zero-order chi connectivity index (χ0) is 18.3. The fourth-order valence-corrected chi connectivity index (χ4v) is 3.91. The third kappa shape index (κ3) is 3.34. The lowest BCUT2D eigenvalue weighted by atomic mass is 10.1. The number of rotatable bonds is 3. The predicted molar refractivity (Wildman–Crippen MR) is 115 cm³/mol. The molecule has 2 aromatic carbocycles. The second kappa shape index (κ2) is 6.78. The lowest BCUT2D eigenvalue weighted by Crippen LogP contribution is -2.07. The summed E-state index contributed by atoms with van der Waals surface area (Å²) in [6.07, 6.45) is 2.15. The normalized spacial score (nSPS) is 12.1. The molecule has 0 saturated carbocycles. The zero-order valence-electron chi connectivity index (χ0n) is 14.7. The van der Waals surface area contributed by atoms with Gasteiger partial charge in [-0.1, -0.05) is 39.4 Å². The predicted octanol–water partition coefficient (Wildman–Crippen LogP) is 5.63. The van der Waals surface area contributed by atoms with Crippen molar-refractivity contribution in [2.75, 3.05) is 19.0 Å². The van der Waals surface area contributed by atoms with Crippen molar-refractivity contribution in [1.29, 1.82) is 0 Å². The molecule has 0 amide bonds. The van der Waals surface area contributed by atoms with Crippen LogP contribution in [0.25, 0.3) is 33.2 Å². The fraction of sp³-hybridized carbons (Fsp3) is 0.150. The Morgan fingerprint density at radius 2 is 1.77 bits per heavy atom. The molecule has 130 valence electrons. The van der Waals surface area contributed by atoms with Crippen molar-refractivity contribution in [2.45, 2.75) is 6.92 Å². The van der Waals surface area contributed by atoms with Gasteiger partial charge in [0.15, 0.2) is 10.5 Å². The first-order chi connectivity index (χ1) is 12.5. The van der Waals surface area contributed by atoms with Crippen LogP contribution in [0.5, 0.6) is 0 Å². The van der Waals surface area contributed by atoms with E-state index >= 15 is 0 Å². The lowest BCUT2D eigenvalue weighted by Gasteiger charge is -2.11. The molecule has 0 atom stereocenters. The monoisotopic (exact) mass is 424 g/mol. The van der Waals surface area contributed by atoms with Crippen molar-refractivity contribution >= 4 is 66.1 Å². The molecule has 2 aromatic heterocycles. The van der Waals surface area contributed by atoms with Crippen molar-refractivity contribution in [3.05, 3.63) is 57.5 Å². The van der Waals surface area contributed by atoms with Gasteiger partial charge in [-0.2, -0.15) is 0 Å². The Balaban J connectivity index is 1.71. The molecule has 0 fully saturated rings. The first-order valence-electron chi connectivity index (χ1n) is 8.19. The van der Waals surface area contributed by atoms with E-state index in [0.29, 0.717) is 5.65 Å². The average molecular weight is 425 g/mol. The van der Waals surface area contributed by atoms with Crippen LogP contribution >= 0.6 is 27.3 Å². The highest BCUT2D eigenvalue weighted by molar-refractivity contribution is 9.10. The molecular weight excluding hydrogens is 408 g/mol. The third-order valence-electron chi connectivity index (χ3n) is 4.11. The largest absolute Gasteiger partial charge is 0.378 e. The Hall–Kier alpha value is -2.31. The zero-order valence-corrected chi connectivity index (χ0v) is 17.1. The van der Waals surface area contributed by atoms with Crippen molar-refractivity contribution in [1.82, 2.24) is 15.0 Å². The highest BCUT2D eigenvalue weighted by atomic mass is 79.9. The van der Waals surface area contributed by atoms with Gasteiger partial charge in [0.1, 0.15) is 5.01 Å². The van der Waals surface area contributed by atoms with Gasteiger partial charge in [-0.15, -0.1) is 0 Å². The van der Waals surface area contributed by atoms with Crippen LogP contribution in [0.15, 0.2) is 46.9 Å². The van der Waals surface area contributed by atoms with Gasteiger partial charge in [0.2, 0.25) is 0 Å². The van der Waals surface area contributed by atoms with Crippen LogP contribution in [0.3, 0.4) is 0 Å². The second-order valence-corrected chi connectivity index (χ2v) is 8.21. The summed E-state index contributed by atoms with van der Waals surface area (Å²) < 4.78 is 0.992. The Morgan fingerprint density at radius 1 is 1.00 bits per heavy atom. The number of halogens is 1. The summed E-state index contributed by atoms with van der Waals surface area (Å²) in [5.74, 6) is 0. The summed E-state index contributed by atoms with van der Waals surface area (Å²) in [5, 5.41) is 0.950. The quantitative estimate of drug-likeness (QED) is 0.427. The van der Waals surface area contributed by atoms with E-state index in [4.69, 9.17) is 4.98 Å². The Kier molecular flexibility index (Phi) is 4.46. The number of anilines is 1. The molecule has 0 aliphatic heterocycles. The van der Waals surface area contributed by atoms with E-state index in [2.05, 4.69) is 68.1 Å². The number of thiazole rings is 1. The average Bonchev–Trinajstić information content (AvgIpc) is 3.03. The number of nitrogens with zero attached hydrogens (tertiary/aromatic N) is 4. The van der Waals surface area contributed by atoms with Crippen LogP contribution in [0.2, 0.25) is 0 Å². The maximum Gasteiger partial charge on any atom is 0.190 e. The molecule has 4 nitrogen and oxygen atoms in total. The molecular formula is C20H17BrN4S. The fourth-order valence-electron chi connectivity index (χ4n) is 2.70. The minimum absolute atomic E-state index is 0.700. The van der Waals surface area contributed by atoms with Crippen molar-refractivity contribution in [3.8, 4) is 0 Å². The van der Waals surface area contributed by atoms with Gasteiger partial charge in [0.25, 0.3) is 0 Å². The first-order valence-corrected chi connectivity index (χ1v) is 9.80. The van der Waals surface area contributed by atoms with Gasteiger partial charge in [0, 0.05) is 24.3 Å². The van der Waals surface area contributed by atoms with Crippen LogP contribution in [0.1, 0.15) is 17.5 Å². The molecule has 6 heteroatoms. The maximum atomic E-state index is 4.70. The van der Waals surface area contributed by atoms with E-state index in [0.717, 1.165) is 36.5 Å². The number of aromatic nitrogens is 3. The molecule has 0 aliphatic rings. The summed E-state index contributed by atoms with van der Waals surface area (Å²) in [4.78, 5) is 17.0. The van der Waals surface area contributed by atoms with Crippen molar-refractivity contribution < 1.29 is 0 Å². The van der Waals surface area contributed by atoms with E-state index in [-0.39, 0.29) is 0 Å². The van der Waals surface area contributed by atoms with E-state index in [1.165, 1.54) is 5.69 Å². The van der Waals surface area contributed by atoms with Gasteiger partial charge in [0.05, 0.1) is 11.0 Å². The van der Waals surface area contributed by atoms with Gasteiger partial charge >= 0.3 is 0 Å². The van der Waals surface area contributed by atoms with Crippen LogP contribution in [0.4, 0.5) is 5.69 Å². The molecule has 0 aliphatic carbocycles. The molecule has 0 N–H and O–H groups in total. The molecule has 4 rings (SSSR count). The van der Waals surface area contributed by atoms with E-state index < -0.39 is 0 Å². The Bertz CT molecular complexity index is 1130. The minimum Gasteiger partial charge on any atom is -0.378 e. The number of hydrogen-bond donors (Lipinski definition) is 0. The van der Waals surface area contributed by atoms with Crippen LogP contribution in [0, 0.1) is 0 Å². The second-order valence-electron chi connectivity index (χ2n) is 6.32. The lowest BCUT2D eigenvalue weighted by molar-refractivity contribution is 1.13. The summed E-state index contributed by atoms with van der Waals surface area (Å²) in [7, 11) is 4.08. The van der Waals surface area contributed by atoms with Gasteiger partial charge in [-0.3, -0.25) is 0 Å². The highest BCUT2D eigenvalue weighted by Crippen LogP contribution is 2.28. The van der Waals surface area contributed by atoms with E-state index in [1.807, 2.05) is 32.3 Å². The summed E-state index contributed by atoms with van der Waals surface area (Å²) >= 11 is 5.06. The smallest absolute Gasteiger partial charge is 0.190 e. The molecule has 4 aromatic rings. The van der Waals surface area contributed by atoms with Crippen LogP contribution in [-0.2, 0) is 0 Å². The Morgan fingerprint density at radius 3 is 2.50 bits per heavy atom. The van der Waals surface area contributed by atoms with Gasteiger partial charge in [-0.05, 0) is 54.5 Å². The molecule has 0 unspecified atom stereocenters. The molecule has 26 heavy (non-hydrogen) atoms. The SMILES string of the molecule is C/C(=C\c1ccc(N(C)C)cc1)c1nc2nc3cc(Br)ccc3nc2s1. The summed E-state index contributed by atoms with van der Waals surface area (Å²) in [6, 6.07) is 14.4. The standard InChI is InChI=1S/C20H17BrN4S/c1-12(10-13-4-7-15(8-5-13)25(2)3)19-24-18-20(26-19)23-16-9-6-14(21)11-17(16)22-18/h4-11H,1-3H3/b12-10+. The number of fused-ring (bicyclic) bond motifs is 2. The summed E-state index contributed by atoms with van der Waals surface area (Å²) in [5.41, 5.74) is 5.89. The number of allylic oxidation sites excluding steroid dienone is 1. The maximum absolute atomic E-state index is 4.70.